The number of ether oxygens (including phenoxy) is 1. The predicted molar refractivity (Wildman–Crippen MR) is 144 cm³/mol. The van der Waals surface area contributed by atoms with Crippen LogP contribution in [0.25, 0.3) is 11.8 Å². The van der Waals surface area contributed by atoms with Crippen LogP contribution in [-0.2, 0) is 11.8 Å². The van der Waals surface area contributed by atoms with Gasteiger partial charge in [0.2, 0.25) is 0 Å². The Labute approximate surface area is 212 Å². The molecule has 2 heterocycles. The molecule has 1 fully saturated rings. The Bertz CT molecular complexity index is 1520. The van der Waals surface area contributed by atoms with Crippen molar-refractivity contribution < 1.29 is 9.53 Å². The van der Waals surface area contributed by atoms with Gasteiger partial charge < -0.3 is 4.74 Å². The van der Waals surface area contributed by atoms with Crippen molar-refractivity contribution in [1.82, 2.24) is 9.36 Å². The monoisotopic (exact) mass is 499 g/mol. The van der Waals surface area contributed by atoms with E-state index >= 15 is 0 Å². The molecule has 0 unspecified atom stereocenters. The molecule has 1 aliphatic heterocycles. The fourth-order valence-electron chi connectivity index (χ4n) is 3.92. The molecule has 1 amide bonds. The summed E-state index contributed by atoms with van der Waals surface area (Å²) in [5.41, 5.74) is 2.13. The molecule has 0 atom stereocenters. The van der Waals surface area contributed by atoms with E-state index in [-0.39, 0.29) is 17.2 Å². The van der Waals surface area contributed by atoms with Crippen LogP contribution >= 0.6 is 24.0 Å². The summed E-state index contributed by atoms with van der Waals surface area (Å²) in [5.74, 6) is 1.07. The standard InChI is InChI=1S/C27H21N3O3S2/c1-18-24(26(32)30(28(18)2)20-11-5-3-6-12-20)29-25(31)23(35-27(29)34)17-19-10-9-15-22(16-19)33-21-13-7-4-8-14-21/h3-17H,1-2H3/b23-17-. The highest BCUT2D eigenvalue weighted by molar-refractivity contribution is 8.27. The number of carbonyl (C=O) groups is 1. The third kappa shape index (κ3) is 4.34. The first-order valence-electron chi connectivity index (χ1n) is 10.9. The first-order chi connectivity index (χ1) is 16.9. The van der Waals surface area contributed by atoms with Gasteiger partial charge >= 0.3 is 0 Å². The fourth-order valence-corrected chi connectivity index (χ4v) is 5.19. The number of thioether (sulfide) groups is 1. The number of carbonyl (C=O) groups excluding carboxylic acids is 1. The molecule has 0 N–H and O–H groups in total. The topological polar surface area (TPSA) is 56.5 Å². The zero-order valence-corrected chi connectivity index (χ0v) is 20.7. The minimum atomic E-state index is -0.319. The lowest BCUT2D eigenvalue weighted by molar-refractivity contribution is -0.113. The van der Waals surface area contributed by atoms with Crippen LogP contribution in [0.2, 0.25) is 0 Å². The van der Waals surface area contributed by atoms with Gasteiger partial charge in [-0.15, -0.1) is 0 Å². The van der Waals surface area contributed by atoms with E-state index in [1.807, 2.05) is 91.9 Å². The largest absolute Gasteiger partial charge is 0.457 e. The molecule has 1 aliphatic rings. The van der Waals surface area contributed by atoms with Gasteiger partial charge in [0, 0.05) is 7.05 Å². The first-order valence-corrected chi connectivity index (χ1v) is 12.1. The van der Waals surface area contributed by atoms with Gasteiger partial charge in [0.15, 0.2) is 4.32 Å². The molecule has 0 aliphatic carbocycles. The molecule has 6 nitrogen and oxygen atoms in total. The maximum absolute atomic E-state index is 13.4. The van der Waals surface area contributed by atoms with E-state index in [1.54, 1.807) is 17.8 Å². The molecule has 1 saturated heterocycles. The molecule has 8 heteroatoms. The number of nitrogens with zero attached hydrogens (tertiary/aromatic N) is 3. The average Bonchev–Trinajstić information content (AvgIpc) is 3.25. The molecule has 174 valence electrons. The SMILES string of the molecule is Cc1c(N2C(=O)/C(=C/c3cccc(Oc4ccccc4)c3)SC2=S)c(=O)n(-c2ccccc2)n1C. The summed E-state index contributed by atoms with van der Waals surface area (Å²) in [6, 6.07) is 26.3. The molecule has 5 rings (SSSR count). The van der Waals surface area contributed by atoms with Crippen LogP contribution in [0.4, 0.5) is 5.69 Å². The summed E-state index contributed by atoms with van der Waals surface area (Å²) in [5, 5.41) is 0. The summed E-state index contributed by atoms with van der Waals surface area (Å²) in [7, 11) is 1.79. The number of amides is 1. The van der Waals surface area contributed by atoms with E-state index in [0.717, 1.165) is 11.3 Å². The highest BCUT2D eigenvalue weighted by Gasteiger charge is 2.37. The highest BCUT2D eigenvalue weighted by atomic mass is 32.2. The van der Waals surface area contributed by atoms with Gasteiger partial charge in [-0.2, -0.15) is 0 Å². The Morgan fingerprint density at radius 1 is 0.886 bits per heavy atom. The van der Waals surface area contributed by atoms with Crippen LogP contribution in [0.15, 0.2) is 94.6 Å². The maximum Gasteiger partial charge on any atom is 0.296 e. The summed E-state index contributed by atoms with van der Waals surface area (Å²) in [6.07, 6.45) is 1.77. The van der Waals surface area contributed by atoms with Gasteiger partial charge in [-0.05, 0) is 55.0 Å². The zero-order chi connectivity index (χ0) is 24.5. The van der Waals surface area contributed by atoms with Crippen molar-refractivity contribution in [2.24, 2.45) is 7.05 Å². The molecule has 35 heavy (non-hydrogen) atoms. The van der Waals surface area contributed by atoms with E-state index in [4.69, 9.17) is 17.0 Å². The second-order valence-electron chi connectivity index (χ2n) is 7.91. The molecule has 0 spiro atoms. The van der Waals surface area contributed by atoms with Crippen LogP contribution in [0.5, 0.6) is 11.5 Å². The Morgan fingerprint density at radius 2 is 1.54 bits per heavy atom. The zero-order valence-electron chi connectivity index (χ0n) is 19.0. The number of benzene rings is 3. The highest BCUT2D eigenvalue weighted by Crippen LogP contribution is 2.36. The van der Waals surface area contributed by atoms with E-state index in [2.05, 4.69) is 0 Å². The molecule has 0 saturated carbocycles. The van der Waals surface area contributed by atoms with Crippen molar-refractivity contribution in [2.45, 2.75) is 6.92 Å². The smallest absolute Gasteiger partial charge is 0.296 e. The van der Waals surface area contributed by atoms with E-state index in [1.165, 1.54) is 21.3 Å². The molecule has 0 bridgehead atoms. The first kappa shape index (κ1) is 22.9. The lowest BCUT2D eigenvalue weighted by Crippen LogP contribution is -2.33. The van der Waals surface area contributed by atoms with Gasteiger partial charge in [0.1, 0.15) is 17.2 Å². The molecule has 3 aromatic carbocycles. The van der Waals surface area contributed by atoms with Crippen LogP contribution in [-0.4, -0.2) is 19.6 Å². The molecular formula is C27H21N3O3S2. The Balaban J connectivity index is 1.47. The quantitative estimate of drug-likeness (QED) is 0.261. The van der Waals surface area contributed by atoms with Crippen molar-refractivity contribution in [1.29, 1.82) is 0 Å². The Hall–Kier alpha value is -3.88. The van der Waals surface area contributed by atoms with Crippen molar-refractivity contribution in [3.63, 3.8) is 0 Å². The number of hydrogen-bond acceptors (Lipinski definition) is 5. The Kier molecular flexibility index (Phi) is 6.15. The van der Waals surface area contributed by atoms with Crippen molar-refractivity contribution in [2.75, 3.05) is 4.90 Å². The molecule has 0 radical (unpaired) electrons. The number of para-hydroxylation sites is 2. The third-order valence-electron chi connectivity index (χ3n) is 5.68. The fraction of sp³-hybridized carbons (Fsp3) is 0.0741. The lowest BCUT2D eigenvalue weighted by atomic mass is 10.2. The molecule has 4 aromatic rings. The predicted octanol–water partition coefficient (Wildman–Crippen LogP) is 5.68. The van der Waals surface area contributed by atoms with Gasteiger partial charge in [0.05, 0.1) is 16.3 Å². The van der Waals surface area contributed by atoms with Crippen LogP contribution in [0.1, 0.15) is 11.3 Å². The van der Waals surface area contributed by atoms with Gasteiger partial charge in [-0.3, -0.25) is 19.2 Å². The lowest BCUT2D eigenvalue weighted by Gasteiger charge is -2.12. The number of aromatic nitrogens is 2. The van der Waals surface area contributed by atoms with E-state index in [9.17, 15) is 9.59 Å². The van der Waals surface area contributed by atoms with Gasteiger partial charge in [0.25, 0.3) is 11.5 Å². The third-order valence-corrected chi connectivity index (χ3v) is 6.98. The summed E-state index contributed by atoms with van der Waals surface area (Å²) in [6.45, 7) is 1.81. The summed E-state index contributed by atoms with van der Waals surface area (Å²) >= 11 is 6.72. The molecular weight excluding hydrogens is 478 g/mol. The summed E-state index contributed by atoms with van der Waals surface area (Å²) in [4.78, 5) is 28.6. The van der Waals surface area contributed by atoms with Gasteiger partial charge in [-0.25, -0.2) is 4.68 Å². The normalized spacial score (nSPS) is 14.7. The van der Waals surface area contributed by atoms with Gasteiger partial charge in [-0.1, -0.05) is 72.5 Å². The van der Waals surface area contributed by atoms with Crippen LogP contribution in [0, 0.1) is 6.92 Å². The second-order valence-corrected chi connectivity index (χ2v) is 9.59. The summed E-state index contributed by atoms with van der Waals surface area (Å²) < 4.78 is 9.51. The van der Waals surface area contributed by atoms with Crippen LogP contribution in [0.3, 0.4) is 0 Å². The minimum Gasteiger partial charge on any atom is -0.457 e. The van der Waals surface area contributed by atoms with E-state index < -0.39 is 0 Å². The number of hydrogen-bond donors (Lipinski definition) is 0. The number of thiocarbonyl (C=S) groups is 1. The number of rotatable bonds is 5. The van der Waals surface area contributed by atoms with E-state index in [0.29, 0.717) is 26.4 Å². The second kappa shape index (κ2) is 9.40. The van der Waals surface area contributed by atoms with Crippen molar-refractivity contribution in [3.8, 4) is 17.2 Å². The maximum atomic E-state index is 13.4. The Morgan fingerprint density at radius 3 is 2.26 bits per heavy atom. The minimum absolute atomic E-state index is 0.267. The molecule has 1 aromatic heterocycles. The number of anilines is 1. The average molecular weight is 500 g/mol. The van der Waals surface area contributed by atoms with Crippen molar-refractivity contribution >= 4 is 46.0 Å². The van der Waals surface area contributed by atoms with Crippen molar-refractivity contribution in [3.05, 3.63) is 111 Å². The van der Waals surface area contributed by atoms with Crippen LogP contribution < -0.4 is 15.2 Å².